The van der Waals surface area contributed by atoms with Crippen LogP contribution in [0.15, 0.2) is 17.8 Å². The third kappa shape index (κ3) is 3.90. The summed E-state index contributed by atoms with van der Waals surface area (Å²) in [5.41, 5.74) is 2.29. The van der Waals surface area contributed by atoms with Gasteiger partial charge in [0.15, 0.2) is 0 Å². The minimum Gasteiger partial charge on any atom is -0.394 e. The van der Waals surface area contributed by atoms with Crippen LogP contribution in [0.3, 0.4) is 0 Å². The van der Waals surface area contributed by atoms with E-state index >= 15 is 0 Å². The van der Waals surface area contributed by atoms with Crippen LogP contribution in [0, 0.1) is 6.92 Å². The average molecular weight is 266 g/mol. The fourth-order valence-corrected chi connectivity index (χ4v) is 2.34. The molecule has 18 heavy (non-hydrogen) atoms. The van der Waals surface area contributed by atoms with Gasteiger partial charge in [0.25, 0.3) is 0 Å². The number of aromatic nitrogens is 3. The largest absolute Gasteiger partial charge is 0.394 e. The number of rotatable bonds is 7. The molecule has 5 nitrogen and oxygen atoms in total. The molecule has 6 heteroatoms. The van der Waals surface area contributed by atoms with Crippen molar-refractivity contribution in [2.45, 2.75) is 26.4 Å². The maximum atomic E-state index is 8.79. The molecule has 0 aliphatic carbocycles. The monoisotopic (exact) mass is 266 g/mol. The van der Waals surface area contributed by atoms with E-state index in [0.29, 0.717) is 6.54 Å². The number of nitrogens with one attached hydrogen (secondary N) is 1. The van der Waals surface area contributed by atoms with E-state index in [1.54, 1.807) is 16.0 Å². The third-order valence-corrected chi connectivity index (χ3v) is 3.39. The van der Waals surface area contributed by atoms with Crippen LogP contribution in [0.1, 0.15) is 16.3 Å². The van der Waals surface area contributed by atoms with Crippen LogP contribution in [0.5, 0.6) is 0 Å². The van der Waals surface area contributed by atoms with Crippen molar-refractivity contribution in [1.82, 2.24) is 20.1 Å². The van der Waals surface area contributed by atoms with Crippen LogP contribution in [0.25, 0.3) is 0 Å². The number of hydrogen-bond acceptors (Lipinski definition) is 5. The summed E-state index contributed by atoms with van der Waals surface area (Å²) >= 11 is 1.69. The van der Waals surface area contributed by atoms with Gasteiger partial charge in [-0.25, -0.2) is 4.98 Å². The molecule has 0 saturated carbocycles. The number of nitrogens with zero attached hydrogens (tertiary/aromatic N) is 3. The zero-order chi connectivity index (χ0) is 12.8. The first-order valence-corrected chi connectivity index (χ1v) is 6.90. The lowest BCUT2D eigenvalue weighted by atomic mass is 10.3. The van der Waals surface area contributed by atoms with Gasteiger partial charge in [0.1, 0.15) is 0 Å². The quantitative estimate of drug-likeness (QED) is 0.733. The van der Waals surface area contributed by atoms with Crippen LogP contribution < -0.4 is 5.32 Å². The number of hydrogen-bond donors (Lipinski definition) is 2. The van der Waals surface area contributed by atoms with Crippen LogP contribution in [-0.4, -0.2) is 33.0 Å². The lowest BCUT2D eigenvalue weighted by molar-refractivity contribution is 0.269. The Hall–Kier alpha value is -1.24. The van der Waals surface area contributed by atoms with E-state index in [-0.39, 0.29) is 6.61 Å². The Kier molecular flexibility index (Phi) is 4.86. The molecule has 2 aromatic heterocycles. The van der Waals surface area contributed by atoms with Gasteiger partial charge in [-0.2, -0.15) is 5.10 Å². The Balaban J connectivity index is 1.68. The summed E-state index contributed by atoms with van der Waals surface area (Å²) in [7, 11) is 0. The first kappa shape index (κ1) is 13.2. The van der Waals surface area contributed by atoms with E-state index in [4.69, 9.17) is 5.11 Å². The Morgan fingerprint density at radius 2 is 2.39 bits per heavy atom. The Morgan fingerprint density at radius 1 is 1.50 bits per heavy atom. The fourth-order valence-electron chi connectivity index (χ4n) is 1.69. The molecule has 98 valence electrons. The van der Waals surface area contributed by atoms with Crippen molar-refractivity contribution in [1.29, 1.82) is 0 Å². The first-order chi connectivity index (χ1) is 8.78. The van der Waals surface area contributed by atoms with Crippen molar-refractivity contribution in [3.05, 3.63) is 34.0 Å². The van der Waals surface area contributed by atoms with Crippen molar-refractivity contribution in [3.8, 4) is 0 Å². The minimum atomic E-state index is 0.123. The molecule has 0 bridgehead atoms. The molecule has 0 aromatic carbocycles. The van der Waals surface area contributed by atoms with E-state index in [1.807, 2.05) is 19.3 Å². The Labute approximate surface area is 110 Å². The summed E-state index contributed by atoms with van der Waals surface area (Å²) < 4.78 is 1.75. The summed E-state index contributed by atoms with van der Waals surface area (Å²) in [6, 6.07) is 0. The van der Waals surface area contributed by atoms with E-state index in [1.165, 1.54) is 0 Å². The molecule has 0 radical (unpaired) electrons. The summed E-state index contributed by atoms with van der Waals surface area (Å²) in [6.07, 6.45) is 4.74. The molecule has 0 aliphatic heterocycles. The molecule has 2 heterocycles. The van der Waals surface area contributed by atoms with Crippen molar-refractivity contribution in [2.24, 2.45) is 0 Å². The minimum absolute atomic E-state index is 0.123. The van der Waals surface area contributed by atoms with Crippen LogP contribution in [-0.2, 0) is 19.5 Å². The van der Waals surface area contributed by atoms with Gasteiger partial charge in [0.05, 0.1) is 30.1 Å². The standard InChI is InChI=1S/C12H18N4OS/c1-10-15-12(9-18-10)2-3-13-6-11-7-14-16(8-11)4-5-17/h7-9,13,17H,2-6H2,1H3. The maximum absolute atomic E-state index is 8.79. The van der Waals surface area contributed by atoms with E-state index in [9.17, 15) is 0 Å². The van der Waals surface area contributed by atoms with Crippen LogP contribution in [0.2, 0.25) is 0 Å². The summed E-state index contributed by atoms with van der Waals surface area (Å²) in [6.45, 7) is 4.41. The molecule has 0 aliphatic rings. The average Bonchev–Trinajstić information content (AvgIpc) is 2.95. The van der Waals surface area contributed by atoms with E-state index < -0.39 is 0 Å². The highest BCUT2D eigenvalue weighted by molar-refractivity contribution is 7.09. The molecule has 2 rings (SSSR count). The van der Waals surface area contributed by atoms with Crippen molar-refractivity contribution in [3.63, 3.8) is 0 Å². The van der Waals surface area contributed by atoms with E-state index in [0.717, 1.165) is 35.8 Å². The highest BCUT2D eigenvalue weighted by Gasteiger charge is 2.00. The molecular weight excluding hydrogens is 248 g/mol. The SMILES string of the molecule is Cc1nc(CCNCc2cnn(CCO)c2)cs1. The van der Waals surface area contributed by atoms with Gasteiger partial charge >= 0.3 is 0 Å². The van der Waals surface area contributed by atoms with Gasteiger partial charge in [-0.15, -0.1) is 11.3 Å². The summed E-state index contributed by atoms with van der Waals surface area (Å²) in [5.74, 6) is 0. The molecule has 0 fully saturated rings. The predicted molar refractivity (Wildman–Crippen MR) is 71.6 cm³/mol. The molecule has 0 atom stereocenters. The van der Waals surface area contributed by atoms with Gasteiger partial charge in [-0.3, -0.25) is 4.68 Å². The molecule has 2 N–H and O–H groups in total. The molecule has 0 spiro atoms. The van der Waals surface area contributed by atoms with Gasteiger partial charge in [0.2, 0.25) is 0 Å². The lowest BCUT2D eigenvalue weighted by Crippen LogP contribution is -2.16. The summed E-state index contributed by atoms with van der Waals surface area (Å²) in [4.78, 5) is 4.42. The molecule has 2 aromatic rings. The molecule has 0 unspecified atom stereocenters. The predicted octanol–water partition coefficient (Wildman–Crippen LogP) is 0.973. The number of aliphatic hydroxyl groups is 1. The topological polar surface area (TPSA) is 63.0 Å². The third-order valence-electron chi connectivity index (χ3n) is 2.57. The lowest BCUT2D eigenvalue weighted by Gasteiger charge is -2.01. The van der Waals surface area contributed by atoms with Crippen molar-refractivity contribution >= 4 is 11.3 Å². The Bertz CT molecular complexity index is 480. The zero-order valence-electron chi connectivity index (χ0n) is 10.5. The maximum Gasteiger partial charge on any atom is 0.0897 e. The highest BCUT2D eigenvalue weighted by atomic mass is 32.1. The second kappa shape index (κ2) is 6.63. The second-order valence-corrected chi connectivity index (χ2v) is 5.18. The highest BCUT2D eigenvalue weighted by Crippen LogP contribution is 2.07. The summed E-state index contributed by atoms with van der Waals surface area (Å²) in [5, 5.41) is 19.5. The van der Waals surface area contributed by atoms with Crippen molar-refractivity contribution in [2.75, 3.05) is 13.2 Å². The van der Waals surface area contributed by atoms with Gasteiger partial charge in [0, 0.05) is 36.7 Å². The fraction of sp³-hybridized carbons (Fsp3) is 0.500. The molecular formula is C12H18N4OS. The van der Waals surface area contributed by atoms with Gasteiger partial charge in [-0.05, 0) is 6.92 Å². The normalized spacial score (nSPS) is 11.0. The van der Waals surface area contributed by atoms with Gasteiger partial charge < -0.3 is 10.4 Å². The zero-order valence-corrected chi connectivity index (χ0v) is 11.3. The number of thiazole rings is 1. The van der Waals surface area contributed by atoms with Gasteiger partial charge in [-0.1, -0.05) is 0 Å². The Morgan fingerprint density at radius 3 is 3.11 bits per heavy atom. The smallest absolute Gasteiger partial charge is 0.0897 e. The number of aryl methyl sites for hydroxylation is 1. The van der Waals surface area contributed by atoms with E-state index in [2.05, 4.69) is 20.8 Å². The molecule has 0 amide bonds. The first-order valence-electron chi connectivity index (χ1n) is 6.02. The number of aliphatic hydroxyl groups excluding tert-OH is 1. The van der Waals surface area contributed by atoms with Crippen molar-refractivity contribution < 1.29 is 5.11 Å². The molecule has 0 saturated heterocycles. The van der Waals surface area contributed by atoms with Crippen LogP contribution in [0.4, 0.5) is 0 Å². The van der Waals surface area contributed by atoms with Crippen LogP contribution >= 0.6 is 11.3 Å². The second-order valence-electron chi connectivity index (χ2n) is 4.12.